The smallest absolute Gasteiger partial charge is 0.417 e. The summed E-state index contributed by atoms with van der Waals surface area (Å²) >= 11 is 9.07. The molecule has 0 fully saturated rings. The summed E-state index contributed by atoms with van der Waals surface area (Å²) in [6.45, 7) is 1.86. The highest BCUT2D eigenvalue weighted by Gasteiger charge is 2.31. The van der Waals surface area contributed by atoms with Crippen LogP contribution in [-0.2, 0) is 6.18 Å². The van der Waals surface area contributed by atoms with Crippen LogP contribution in [0.15, 0.2) is 34.9 Å². The molecular weight excluding hydrogens is 359 g/mol. The van der Waals surface area contributed by atoms with Crippen molar-refractivity contribution in [2.75, 3.05) is 0 Å². The highest BCUT2D eigenvalue weighted by molar-refractivity contribution is 9.10. The summed E-state index contributed by atoms with van der Waals surface area (Å²) in [5.41, 5.74) is 0.0117. The van der Waals surface area contributed by atoms with E-state index in [1.807, 2.05) is 13.0 Å². The van der Waals surface area contributed by atoms with Gasteiger partial charge in [-0.3, -0.25) is 0 Å². The largest absolute Gasteiger partial charge is 0.437 e. The molecule has 0 aliphatic rings. The van der Waals surface area contributed by atoms with Crippen LogP contribution < -0.4 is 4.74 Å². The van der Waals surface area contributed by atoms with Gasteiger partial charge in [0.1, 0.15) is 10.8 Å². The fourth-order valence-electron chi connectivity index (χ4n) is 1.53. The van der Waals surface area contributed by atoms with Crippen LogP contribution in [0.4, 0.5) is 13.2 Å². The number of hydrogen-bond acceptors (Lipinski definition) is 2. The molecule has 0 aliphatic carbocycles. The fourth-order valence-corrected chi connectivity index (χ4v) is 2.32. The lowest BCUT2D eigenvalue weighted by Crippen LogP contribution is -2.05. The van der Waals surface area contributed by atoms with Crippen LogP contribution in [0.3, 0.4) is 0 Å². The van der Waals surface area contributed by atoms with Gasteiger partial charge in [0.25, 0.3) is 0 Å². The third-order valence-electron chi connectivity index (χ3n) is 2.36. The Labute approximate surface area is 126 Å². The average molecular weight is 367 g/mol. The maximum absolute atomic E-state index is 12.5. The summed E-state index contributed by atoms with van der Waals surface area (Å²) in [5, 5.41) is -0.197. The topological polar surface area (TPSA) is 22.1 Å². The molecule has 0 saturated carbocycles. The zero-order chi connectivity index (χ0) is 14.9. The number of ether oxygens (including phenoxy) is 1. The lowest BCUT2D eigenvalue weighted by atomic mass is 10.2. The third-order valence-corrected chi connectivity index (χ3v) is 3.09. The molecule has 0 atom stereocenters. The van der Waals surface area contributed by atoms with Gasteiger partial charge in [-0.15, -0.1) is 0 Å². The molecule has 0 N–H and O–H groups in total. The van der Waals surface area contributed by atoms with E-state index in [1.54, 1.807) is 12.1 Å². The maximum atomic E-state index is 12.5. The highest BCUT2D eigenvalue weighted by Crippen LogP contribution is 2.35. The Morgan fingerprint density at radius 2 is 1.90 bits per heavy atom. The highest BCUT2D eigenvalue weighted by atomic mass is 79.9. The monoisotopic (exact) mass is 365 g/mol. The van der Waals surface area contributed by atoms with Crippen molar-refractivity contribution in [1.29, 1.82) is 0 Å². The summed E-state index contributed by atoms with van der Waals surface area (Å²) in [7, 11) is 0. The molecule has 1 aromatic heterocycles. The Hall–Kier alpha value is -1.27. The number of alkyl halides is 3. The predicted molar refractivity (Wildman–Crippen MR) is 73.2 cm³/mol. The Kier molecular flexibility index (Phi) is 4.25. The number of rotatable bonds is 2. The maximum Gasteiger partial charge on any atom is 0.417 e. The van der Waals surface area contributed by atoms with E-state index < -0.39 is 11.7 Å². The average Bonchev–Trinajstić information content (AvgIpc) is 2.29. The number of aryl methyl sites for hydroxylation is 1. The first-order chi connectivity index (χ1) is 9.25. The third kappa shape index (κ3) is 3.64. The molecule has 1 aromatic carbocycles. The molecule has 20 heavy (non-hydrogen) atoms. The van der Waals surface area contributed by atoms with Gasteiger partial charge in [-0.25, -0.2) is 4.98 Å². The van der Waals surface area contributed by atoms with Crippen molar-refractivity contribution in [3.63, 3.8) is 0 Å². The standard InChI is InChI=1S/C13H8BrClF3NO/c1-7-2-9(14)5-10(3-7)20-12-11(15)4-8(6-19-12)13(16,17)18/h2-6H,1H3. The summed E-state index contributed by atoms with van der Waals surface area (Å²) in [5.74, 6) is 0.364. The van der Waals surface area contributed by atoms with Gasteiger partial charge in [0, 0.05) is 10.7 Å². The molecule has 106 valence electrons. The molecule has 0 bridgehead atoms. The van der Waals surface area contributed by atoms with E-state index in [2.05, 4.69) is 20.9 Å². The van der Waals surface area contributed by atoms with Crippen LogP contribution in [0.2, 0.25) is 5.02 Å². The van der Waals surface area contributed by atoms with Crippen molar-refractivity contribution >= 4 is 27.5 Å². The minimum absolute atomic E-state index is 0.0721. The molecule has 2 rings (SSSR count). The Morgan fingerprint density at radius 3 is 2.45 bits per heavy atom. The quantitative estimate of drug-likeness (QED) is 0.688. The van der Waals surface area contributed by atoms with E-state index in [1.165, 1.54) is 0 Å². The van der Waals surface area contributed by atoms with Crippen molar-refractivity contribution in [1.82, 2.24) is 4.98 Å². The van der Waals surface area contributed by atoms with E-state index in [-0.39, 0.29) is 10.9 Å². The molecule has 1 heterocycles. The fraction of sp³-hybridized carbons (Fsp3) is 0.154. The first kappa shape index (κ1) is 15.1. The molecule has 2 aromatic rings. The molecule has 0 unspecified atom stereocenters. The lowest BCUT2D eigenvalue weighted by Gasteiger charge is -2.10. The first-order valence-electron chi connectivity index (χ1n) is 5.43. The van der Waals surface area contributed by atoms with Gasteiger partial charge in [-0.05, 0) is 36.8 Å². The van der Waals surface area contributed by atoms with Gasteiger partial charge in [0.2, 0.25) is 5.88 Å². The Balaban J connectivity index is 2.30. The number of halogens is 5. The second-order valence-electron chi connectivity index (χ2n) is 4.08. The predicted octanol–water partition coefficient (Wildman–Crippen LogP) is 5.62. The molecule has 0 radical (unpaired) electrons. The summed E-state index contributed by atoms with van der Waals surface area (Å²) < 4.78 is 43.6. The molecule has 0 amide bonds. The minimum Gasteiger partial charge on any atom is -0.437 e. The van der Waals surface area contributed by atoms with E-state index in [4.69, 9.17) is 16.3 Å². The van der Waals surface area contributed by atoms with Crippen LogP contribution in [0.1, 0.15) is 11.1 Å². The van der Waals surface area contributed by atoms with Crippen molar-refractivity contribution in [2.24, 2.45) is 0 Å². The van der Waals surface area contributed by atoms with Crippen LogP contribution in [0.25, 0.3) is 0 Å². The van der Waals surface area contributed by atoms with Crippen LogP contribution >= 0.6 is 27.5 Å². The normalized spacial score (nSPS) is 11.5. The van der Waals surface area contributed by atoms with E-state index >= 15 is 0 Å². The van der Waals surface area contributed by atoms with Crippen molar-refractivity contribution in [3.8, 4) is 11.6 Å². The van der Waals surface area contributed by atoms with Gasteiger partial charge in [-0.2, -0.15) is 13.2 Å². The SMILES string of the molecule is Cc1cc(Br)cc(Oc2ncc(C(F)(F)F)cc2Cl)c1. The molecule has 0 aliphatic heterocycles. The minimum atomic E-state index is -4.48. The Bertz CT molecular complexity index is 626. The first-order valence-corrected chi connectivity index (χ1v) is 6.60. The lowest BCUT2D eigenvalue weighted by molar-refractivity contribution is -0.137. The van der Waals surface area contributed by atoms with Gasteiger partial charge in [-0.1, -0.05) is 27.5 Å². The number of benzene rings is 1. The summed E-state index contributed by atoms with van der Waals surface area (Å²) in [6, 6.07) is 6.05. The van der Waals surface area contributed by atoms with Gasteiger partial charge >= 0.3 is 6.18 Å². The van der Waals surface area contributed by atoms with Crippen molar-refractivity contribution in [3.05, 3.63) is 51.1 Å². The molecule has 7 heteroatoms. The van der Waals surface area contributed by atoms with Crippen LogP contribution in [0.5, 0.6) is 11.6 Å². The molecule has 0 saturated heterocycles. The van der Waals surface area contributed by atoms with Gasteiger partial charge in [0.05, 0.1) is 5.56 Å². The second-order valence-corrected chi connectivity index (χ2v) is 5.40. The van der Waals surface area contributed by atoms with E-state index in [9.17, 15) is 13.2 Å². The van der Waals surface area contributed by atoms with Gasteiger partial charge < -0.3 is 4.74 Å². The second kappa shape index (κ2) is 5.61. The van der Waals surface area contributed by atoms with E-state index in [0.29, 0.717) is 11.9 Å². The van der Waals surface area contributed by atoms with Crippen LogP contribution in [0, 0.1) is 6.92 Å². The van der Waals surface area contributed by atoms with Gasteiger partial charge in [0.15, 0.2) is 0 Å². The number of hydrogen-bond donors (Lipinski definition) is 0. The number of nitrogens with zero attached hydrogens (tertiary/aromatic N) is 1. The molecular formula is C13H8BrClF3NO. The summed E-state index contributed by atoms with van der Waals surface area (Å²) in [4.78, 5) is 3.61. The zero-order valence-corrected chi connectivity index (χ0v) is 12.5. The zero-order valence-electron chi connectivity index (χ0n) is 10.1. The molecule has 0 spiro atoms. The van der Waals surface area contributed by atoms with Crippen molar-refractivity contribution in [2.45, 2.75) is 13.1 Å². The summed E-state index contributed by atoms with van der Waals surface area (Å²) in [6.07, 6.45) is -3.80. The van der Waals surface area contributed by atoms with E-state index in [0.717, 1.165) is 16.1 Å². The Morgan fingerprint density at radius 1 is 1.20 bits per heavy atom. The molecule has 2 nitrogen and oxygen atoms in total. The van der Waals surface area contributed by atoms with Crippen LogP contribution in [-0.4, -0.2) is 4.98 Å². The number of aromatic nitrogens is 1. The number of pyridine rings is 1. The van der Waals surface area contributed by atoms with Crippen molar-refractivity contribution < 1.29 is 17.9 Å².